The van der Waals surface area contributed by atoms with E-state index in [-0.39, 0.29) is 18.4 Å². The maximum Gasteiger partial charge on any atom is 0.255 e. The zero-order chi connectivity index (χ0) is 21.5. The van der Waals surface area contributed by atoms with Crippen molar-refractivity contribution in [3.63, 3.8) is 0 Å². The van der Waals surface area contributed by atoms with Crippen molar-refractivity contribution in [2.75, 3.05) is 29.6 Å². The largest absolute Gasteiger partial charge is 0.495 e. The molecule has 154 valence electrons. The van der Waals surface area contributed by atoms with Gasteiger partial charge in [-0.25, -0.2) is 0 Å². The van der Waals surface area contributed by atoms with Gasteiger partial charge in [0.05, 0.1) is 19.3 Å². The van der Waals surface area contributed by atoms with E-state index in [2.05, 4.69) is 16.0 Å². The van der Waals surface area contributed by atoms with Gasteiger partial charge in [0.1, 0.15) is 5.75 Å². The van der Waals surface area contributed by atoms with Crippen molar-refractivity contribution in [2.45, 2.75) is 6.92 Å². The number of methoxy groups -OCH3 is 1. The highest BCUT2D eigenvalue weighted by atomic mass is 35.5. The number of carbonyl (C=O) groups excluding carboxylic acids is 2. The molecule has 0 radical (unpaired) electrons. The molecule has 6 nitrogen and oxygen atoms in total. The summed E-state index contributed by atoms with van der Waals surface area (Å²) in [6, 6.07) is 19.3. The van der Waals surface area contributed by atoms with E-state index in [4.69, 9.17) is 16.3 Å². The lowest BCUT2D eigenvalue weighted by molar-refractivity contribution is -0.114. The Balaban J connectivity index is 1.56. The standard InChI is InChI=1S/C23H22ClN3O3/c1-15-7-10-17(24)13-20(15)25-14-22(28)26-18-11-8-16(9-12-18)23(29)27-19-5-3-4-6-21(19)30-2/h3-13,25H,14H2,1-2H3,(H,26,28)(H,27,29). The van der Waals surface area contributed by atoms with Crippen molar-refractivity contribution in [3.05, 3.63) is 82.9 Å². The van der Waals surface area contributed by atoms with Gasteiger partial charge in [0.15, 0.2) is 0 Å². The molecule has 3 rings (SSSR count). The van der Waals surface area contributed by atoms with Crippen LogP contribution in [0.4, 0.5) is 17.1 Å². The Hall–Kier alpha value is -3.51. The Kier molecular flexibility index (Phi) is 6.93. The second-order valence-corrected chi connectivity index (χ2v) is 7.03. The molecule has 3 aromatic rings. The van der Waals surface area contributed by atoms with E-state index < -0.39 is 0 Å². The lowest BCUT2D eigenvalue weighted by Crippen LogP contribution is -2.22. The van der Waals surface area contributed by atoms with E-state index in [1.807, 2.05) is 25.1 Å². The molecule has 0 fully saturated rings. The van der Waals surface area contributed by atoms with Crippen molar-refractivity contribution < 1.29 is 14.3 Å². The Labute approximate surface area is 180 Å². The summed E-state index contributed by atoms with van der Waals surface area (Å²) in [6.07, 6.45) is 0. The number of halogens is 1. The molecule has 0 aromatic heterocycles. The number of hydrogen-bond donors (Lipinski definition) is 3. The predicted molar refractivity (Wildman–Crippen MR) is 121 cm³/mol. The quantitative estimate of drug-likeness (QED) is 0.501. The van der Waals surface area contributed by atoms with Gasteiger partial charge in [0.2, 0.25) is 5.91 Å². The first kappa shape index (κ1) is 21.2. The highest BCUT2D eigenvalue weighted by Gasteiger charge is 2.10. The Morgan fingerprint density at radius 1 is 0.933 bits per heavy atom. The lowest BCUT2D eigenvalue weighted by atomic mass is 10.2. The van der Waals surface area contributed by atoms with Crippen LogP contribution in [0.25, 0.3) is 0 Å². The van der Waals surface area contributed by atoms with Crippen molar-refractivity contribution in [1.29, 1.82) is 0 Å². The van der Waals surface area contributed by atoms with E-state index in [0.717, 1.165) is 11.3 Å². The predicted octanol–water partition coefficient (Wildman–Crippen LogP) is 4.96. The van der Waals surface area contributed by atoms with Crippen LogP contribution < -0.4 is 20.7 Å². The van der Waals surface area contributed by atoms with E-state index in [0.29, 0.717) is 27.7 Å². The molecule has 0 aliphatic rings. The first-order chi connectivity index (χ1) is 14.5. The van der Waals surface area contributed by atoms with Gasteiger partial charge in [-0.1, -0.05) is 29.8 Å². The number of carbonyl (C=O) groups is 2. The van der Waals surface area contributed by atoms with E-state index in [1.54, 1.807) is 55.6 Å². The van der Waals surface area contributed by atoms with Crippen LogP contribution in [0.15, 0.2) is 66.7 Å². The smallest absolute Gasteiger partial charge is 0.255 e. The van der Waals surface area contributed by atoms with Gasteiger partial charge in [0, 0.05) is 22.0 Å². The molecule has 0 heterocycles. The first-order valence-electron chi connectivity index (χ1n) is 9.30. The molecule has 0 saturated carbocycles. The fourth-order valence-electron chi connectivity index (χ4n) is 2.81. The summed E-state index contributed by atoms with van der Waals surface area (Å²) in [4.78, 5) is 24.7. The Morgan fingerprint density at radius 3 is 2.40 bits per heavy atom. The third-order valence-corrected chi connectivity index (χ3v) is 4.66. The van der Waals surface area contributed by atoms with Crippen LogP contribution in [0.2, 0.25) is 5.02 Å². The van der Waals surface area contributed by atoms with Crippen LogP contribution >= 0.6 is 11.6 Å². The van der Waals surface area contributed by atoms with Gasteiger partial charge in [-0.3, -0.25) is 9.59 Å². The molecule has 0 unspecified atom stereocenters. The van der Waals surface area contributed by atoms with Gasteiger partial charge in [-0.15, -0.1) is 0 Å². The summed E-state index contributed by atoms with van der Waals surface area (Å²) in [6.45, 7) is 2.03. The van der Waals surface area contributed by atoms with E-state index in [1.165, 1.54) is 0 Å². The third-order valence-electron chi connectivity index (χ3n) is 4.43. The van der Waals surface area contributed by atoms with E-state index in [9.17, 15) is 9.59 Å². The van der Waals surface area contributed by atoms with Gasteiger partial charge >= 0.3 is 0 Å². The number of para-hydroxylation sites is 2. The number of aryl methyl sites for hydroxylation is 1. The SMILES string of the molecule is COc1ccccc1NC(=O)c1ccc(NC(=O)CNc2cc(Cl)ccc2C)cc1. The molecule has 0 saturated heterocycles. The maximum atomic E-state index is 12.5. The summed E-state index contributed by atoms with van der Waals surface area (Å²) in [7, 11) is 1.55. The summed E-state index contributed by atoms with van der Waals surface area (Å²) < 4.78 is 5.24. The molecule has 7 heteroatoms. The molecule has 2 amide bonds. The fraction of sp³-hybridized carbons (Fsp3) is 0.130. The minimum atomic E-state index is -0.268. The minimum absolute atomic E-state index is 0.0945. The molecular formula is C23H22ClN3O3. The number of nitrogens with one attached hydrogen (secondary N) is 3. The number of ether oxygens (including phenoxy) is 1. The van der Waals surface area contributed by atoms with Crippen molar-refractivity contribution >= 4 is 40.5 Å². The number of hydrogen-bond acceptors (Lipinski definition) is 4. The van der Waals surface area contributed by atoms with Crippen LogP contribution in [0.5, 0.6) is 5.75 Å². The Bertz CT molecular complexity index is 1050. The van der Waals surface area contributed by atoms with E-state index >= 15 is 0 Å². The average Bonchev–Trinajstić information content (AvgIpc) is 2.75. The van der Waals surface area contributed by atoms with Crippen molar-refractivity contribution in [2.24, 2.45) is 0 Å². The molecular weight excluding hydrogens is 402 g/mol. The van der Waals surface area contributed by atoms with Crippen LogP contribution in [0, 0.1) is 6.92 Å². The van der Waals surface area contributed by atoms with Crippen molar-refractivity contribution in [3.8, 4) is 5.75 Å². The molecule has 0 aliphatic carbocycles. The monoisotopic (exact) mass is 423 g/mol. The van der Waals surface area contributed by atoms with Crippen LogP contribution in [0.3, 0.4) is 0 Å². The molecule has 30 heavy (non-hydrogen) atoms. The summed E-state index contributed by atoms with van der Waals surface area (Å²) in [5.74, 6) is 0.105. The number of amides is 2. The van der Waals surface area contributed by atoms with Gasteiger partial charge < -0.3 is 20.7 Å². The maximum absolute atomic E-state index is 12.5. The zero-order valence-corrected chi connectivity index (χ0v) is 17.4. The van der Waals surface area contributed by atoms with Crippen LogP contribution in [-0.4, -0.2) is 25.5 Å². The zero-order valence-electron chi connectivity index (χ0n) is 16.7. The molecule has 0 spiro atoms. The fourth-order valence-corrected chi connectivity index (χ4v) is 2.98. The summed E-state index contributed by atoms with van der Waals surface area (Å²) in [5, 5.41) is 9.28. The summed E-state index contributed by atoms with van der Waals surface area (Å²) in [5.41, 5.74) is 3.45. The highest BCUT2D eigenvalue weighted by molar-refractivity contribution is 6.30. The van der Waals surface area contributed by atoms with Gasteiger partial charge in [0.25, 0.3) is 5.91 Å². The lowest BCUT2D eigenvalue weighted by Gasteiger charge is -2.11. The Morgan fingerprint density at radius 2 is 1.67 bits per heavy atom. The van der Waals surface area contributed by atoms with Gasteiger partial charge in [-0.2, -0.15) is 0 Å². The van der Waals surface area contributed by atoms with Crippen LogP contribution in [-0.2, 0) is 4.79 Å². The van der Waals surface area contributed by atoms with Crippen molar-refractivity contribution in [1.82, 2.24) is 0 Å². The van der Waals surface area contributed by atoms with Gasteiger partial charge in [-0.05, 0) is 61.0 Å². The second-order valence-electron chi connectivity index (χ2n) is 6.59. The first-order valence-corrected chi connectivity index (χ1v) is 9.68. The molecule has 3 aromatic carbocycles. The van der Waals surface area contributed by atoms with Crippen LogP contribution in [0.1, 0.15) is 15.9 Å². The second kappa shape index (κ2) is 9.80. The molecule has 0 aliphatic heterocycles. The summed E-state index contributed by atoms with van der Waals surface area (Å²) >= 11 is 5.99. The molecule has 0 atom stereocenters. The molecule has 3 N–H and O–H groups in total. The number of anilines is 3. The third kappa shape index (κ3) is 5.52. The number of benzene rings is 3. The topological polar surface area (TPSA) is 79.5 Å². The minimum Gasteiger partial charge on any atom is -0.495 e. The number of rotatable bonds is 7. The highest BCUT2D eigenvalue weighted by Crippen LogP contribution is 2.24. The molecule has 0 bridgehead atoms. The normalized spacial score (nSPS) is 10.2. The average molecular weight is 424 g/mol.